The molecule has 1 N–H and O–H groups in total. The van der Waals surface area contributed by atoms with Gasteiger partial charge in [0.05, 0.1) is 12.1 Å². The number of carbonyl (C=O) groups is 1. The normalized spacial score (nSPS) is 13.2. The quantitative estimate of drug-likeness (QED) is 0.776. The van der Waals surface area contributed by atoms with Gasteiger partial charge in [0.25, 0.3) is 0 Å². The van der Waals surface area contributed by atoms with Crippen molar-refractivity contribution in [3.05, 3.63) is 65.2 Å². The van der Waals surface area contributed by atoms with Crippen LogP contribution in [0.2, 0.25) is 0 Å². The number of fused-ring (bicyclic) bond motifs is 1. The first kappa shape index (κ1) is 18.1. The first-order chi connectivity index (χ1) is 12.6. The molecule has 2 aromatic carbocycles. The third-order valence-corrected chi connectivity index (χ3v) is 4.82. The van der Waals surface area contributed by atoms with Crippen LogP contribution in [0.5, 0.6) is 0 Å². The summed E-state index contributed by atoms with van der Waals surface area (Å²) in [4.78, 5) is 16.3. The van der Waals surface area contributed by atoms with Crippen LogP contribution in [0.25, 0.3) is 0 Å². The Bertz CT molecular complexity index is 782. The molecule has 1 heterocycles. The first-order valence-electron chi connectivity index (χ1n) is 9.08. The second-order valence-electron chi connectivity index (χ2n) is 6.30. The summed E-state index contributed by atoms with van der Waals surface area (Å²) in [5.74, 6) is 0.193. The van der Waals surface area contributed by atoms with Crippen molar-refractivity contribution in [2.24, 2.45) is 0 Å². The summed E-state index contributed by atoms with van der Waals surface area (Å²) >= 11 is 0. The molecule has 136 valence electrons. The van der Waals surface area contributed by atoms with Gasteiger partial charge in [-0.25, -0.2) is 4.79 Å². The summed E-state index contributed by atoms with van der Waals surface area (Å²) in [5, 5.41) is 8.36. The third kappa shape index (κ3) is 3.78. The van der Waals surface area contributed by atoms with E-state index in [0.29, 0.717) is 24.6 Å². The lowest BCUT2D eigenvalue weighted by atomic mass is 10.1. The van der Waals surface area contributed by atoms with E-state index in [1.54, 1.807) is 12.1 Å². The van der Waals surface area contributed by atoms with E-state index >= 15 is 0 Å². The van der Waals surface area contributed by atoms with Crippen molar-refractivity contribution >= 4 is 17.5 Å². The van der Waals surface area contributed by atoms with E-state index in [1.807, 2.05) is 41.3 Å². The molecular formula is C21H25N3O2. The maximum atomic E-state index is 12.2. The largest absolute Gasteiger partial charge is 0.461 e. The average molecular weight is 351 g/mol. The van der Waals surface area contributed by atoms with Crippen LogP contribution in [-0.2, 0) is 11.3 Å². The second-order valence-corrected chi connectivity index (χ2v) is 6.30. The van der Waals surface area contributed by atoms with E-state index in [2.05, 4.69) is 18.7 Å². The fourth-order valence-electron chi connectivity index (χ4n) is 3.17. The Balaban J connectivity index is 1.61. The number of ether oxygens (including phenoxy) is 1. The highest BCUT2D eigenvalue weighted by Crippen LogP contribution is 2.28. The molecule has 0 saturated carbocycles. The SMILES string of the molecule is CCN(CC)CCOC(=O)c1ccc(N2Cc3ccccc3C2=N)cc1. The van der Waals surface area contributed by atoms with Gasteiger partial charge in [-0.2, -0.15) is 0 Å². The molecule has 0 saturated heterocycles. The molecule has 0 aromatic heterocycles. The van der Waals surface area contributed by atoms with E-state index < -0.39 is 0 Å². The van der Waals surface area contributed by atoms with Crippen LogP contribution in [0.1, 0.15) is 35.3 Å². The lowest BCUT2D eigenvalue weighted by molar-refractivity contribution is 0.0466. The zero-order valence-corrected chi connectivity index (χ0v) is 15.4. The van der Waals surface area contributed by atoms with Gasteiger partial charge in [-0.1, -0.05) is 38.1 Å². The number of rotatable bonds is 7. The van der Waals surface area contributed by atoms with Gasteiger partial charge < -0.3 is 14.5 Å². The zero-order valence-electron chi connectivity index (χ0n) is 15.4. The van der Waals surface area contributed by atoms with Crippen LogP contribution >= 0.6 is 0 Å². The number of benzene rings is 2. The Morgan fingerprint density at radius 1 is 1.12 bits per heavy atom. The Kier molecular flexibility index (Phi) is 5.68. The topological polar surface area (TPSA) is 56.6 Å². The molecule has 2 aromatic rings. The number of nitrogens with zero attached hydrogens (tertiary/aromatic N) is 2. The van der Waals surface area contributed by atoms with E-state index in [4.69, 9.17) is 10.1 Å². The first-order valence-corrected chi connectivity index (χ1v) is 9.08. The highest BCUT2D eigenvalue weighted by atomic mass is 16.5. The van der Waals surface area contributed by atoms with Crippen molar-refractivity contribution in [2.75, 3.05) is 31.1 Å². The fraction of sp³-hybridized carbons (Fsp3) is 0.333. The maximum absolute atomic E-state index is 12.2. The van der Waals surface area contributed by atoms with E-state index in [9.17, 15) is 4.79 Å². The molecule has 1 aliphatic rings. The van der Waals surface area contributed by atoms with Gasteiger partial charge in [-0.05, 0) is 42.9 Å². The molecule has 0 unspecified atom stereocenters. The number of likely N-dealkylation sites (N-methyl/N-ethyl adjacent to an activating group) is 1. The highest BCUT2D eigenvalue weighted by Gasteiger charge is 2.24. The van der Waals surface area contributed by atoms with Crippen molar-refractivity contribution in [2.45, 2.75) is 20.4 Å². The summed E-state index contributed by atoms with van der Waals surface area (Å²) in [6.07, 6.45) is 0. The predicted octanol–water partition coefficient (Wildman–Crippen LogP) is 3.53. The predicted molar refractivity (Wildman–Crippen MR) is 104 cm³/mol. The van der Waals surface area contributed by atoms with Gasteiger partial charge >= 0.3 is 5.97 Å². The van der Waals surface area contributed by atoms with E-state index in [-0.39, 0.29) is 5.97 Å². The second kappa shape index (κ2) is 8.15. The van der Waals surface area contributed by atoms with Crippen molar-refractivity contribution in [3.63, 3.8) is 0 Å². The number of carbonyl (C=O) groups excluding carboxylic acids is 1. The van der Waals surface area contributed by atoms with Crippen LogP contribution in [0.15, 0.2) is 48.5 Å². The molecule has 3 rings (SSSR count). The lowest BCUT2D eigenvalue weighted by Crippen LogP contribution is -2.28. The number of nitrogens with one attached hydrogen (secondary N) is 1. The zero-order chi connectivity index (χ0) is 18.5. The average Bonchev–Trinajstić information content (AvgIpc) is 3.02. The number of hydrogen-bond acceptors (Lipinski definition) is 4. The standard InChI is InChI=1S/C21H25N3O2/c1-3-23(4-2)13-14-26-21(25)16-9-11-18(12-10-16)24-15-17-7-5-6-8-19(17)20(24)22/h5-12,22H,3-4,13-15H2,1-2H3. The van der Waals surface area contributed by atoms with Crippen LogP contribution in [-0.4, -0.2) is 42.9 Å². The van der Waals surface area contributed by atoms with Crippen LogP contribution < -0.4 is 4.90 Å². The Labute approximate surface area is 154 Å². The molecule has 0 atom stereocenters. The number of anilines is 1. The summed E-state index contributed by atoms with van der Waals surface area (Å²) < 4.78 is 5.36. The van der Waals surface area contributed by atoms with E-state index in [0.717, 1.165) is 36.4 Å². The Hall–Kier alpha value is -2.66. The molecule has 0 bridgehead atoms. The summed E-state index contributed by atoms with van der Waals surface area (Å²) in [7, 11) is 0. The molecular weight excluding hydrogens is 326 g/mol. The molecule has 0 radical (unpaired) electrons. The molecule has 5 nitrogen and oxygen atoms in total. The van der Waals surface area contributed by atoms with Gasteiger partial charge in [0.15, 0.2) is 0 Å². The van der Waals surface area contributed by atoms with Gasteiger partial charge in [0, 0.05) is 17.8 Å². The highest BCUT2D eigenvalue weighted by molar-refractivity contribution is 6.11. The molecule has 0 aliphatic carbocycles. The van der Waals surface area contributed by atoms with Gasteiger partial charge in [-0.15, -0.1) is 0 Å². The van der Waals surface area contributed by atoms with Crippen LogP contribution in [0, 0.1) is 5.41 Å². The number of esters is 1. The maximum Gasteiger partial charge on any atom is 0.338 e. The molecule has 5 heteroatoms. The molecule has 0 amide bonds. The van der Waals surface area contributed by atoms with Crippen molar-refractivity contribution in [1.29, 1.82) is 5.41 Å². The van der Waals surface area contributed by atoms with Gasteiger partial charge in [-0.3, -0.25) is 5.41 Å². The van der Waals surface area contributed by atoms with Crippen LogP contribution in [0.4, 0.5) is 5.69 Å². The summed E-state index contributed by atoms with van der Waals surface area (Å²) in [5.41, 5.74) is 3.56. The molecule has 1 aliphatic heterocycles. The molecule has 0 fully saturated rings. The van der Waals surface area contributed by atoms with Crippen LogP contribution in [0.3, 0.4) is 0 Å². The molecule has 0 spiro atoms. The smallest absolute Gasteiger partial charge is 0.338 e. The summed E-state index contributed by atoms with van der Waals surface area (Å²) in [6, 6.07) is 15.3. The lowest BCUT2D eigenvalue weighted by Gasteiger charge is -2.19. The number of amidine groups is 1. The van der Waals surface area contributed by atoms with Crippen molar-refractivity contribution in [1.82, 2.24) is 4.90 Å². The Morgan fingerprint density at radius 2 is 1.81 bits per heavy atom. The minimum Gasteiger partial charge on any atom is -0.461 e. The Morgan fingerprint density at radius 3 is 2.46 bits per heavy atom. The van der Waals surface area contributed by atoms with Crippen molar-refractivity contribution in [3.8, 4) is 0 Å². The van der Waals surface area contributed by atoms with Gasteiger partial charge in [0.1, 0.15) is 12.4 Å². The minimum absolute atomic E-state index is 0.302. The monoisotopic (exact) mass is 351 g/mol. The minimum atomic E-state index is -0.302. The van der Waals surface area contributed by atoms with Gasteiger partial charge in [0.2, 0.25) is 0 Å². The third-order valence-electron chi connectivity index (χ3n) is 4.82. The van der Waals surface area contributed by atoms with E-state index in [1.165, 1.54) is 0 Å². The van der Waals surface area contributed by atoms with Crippen molar-refractivity contribution < 1.29 is 9.53 Å². The molecule has 26 heavy (non-hydrogen) atoms. The summed E-state index contributed by atoms with van der Waals surface area (Å²) in [6.45, 7) is 7.92. The fourth-order valence-corrected chi connectivity index (χ4v) is 3.17. The number of hydrogen-bond donors (Lipinski definition) is 1.